The average molecular weight is 300 g/mol. The van der Waals surface area contributed by atoms with Crippen LogP contribution in [0.2, 0.25) is 0 Å². The molecular weight excluding hydrogens is 280 g/mol. The van der Waals surface area contributed by atoms with Crippen LogP contribution in [0, 0.1) is 5.92 Å². The van der Waals surface area contributed by atoms with E-state index in [0.717, 1.165) is 11.4 Å². The summed E-state index contributed by atoms with van der Waals surface area (Å²) >= 11 is 1.65. The normalized spacial score (nSPS) is 12.8. The number of amides is 1. The molecule has 0 bridgehead atoms. The first kappa shape index (κ1) is 16.0. The summed E-state index contributed by atoms with van der Waals surface area (Å²) in [6.45, 7) is 1.90. The predicted molar refractivity (Wildman–Crippen MR) is 84.7 cm³/mol. The van der Waals surface area contributed by atoms with Gasteiger partial charge in [0.2, 0.25) is 5.91 Å². The molecule has 1 aromatic carbocycles. The van der Waals surface area contributed by atoms with Crippen LogP contribution in [0.25, 0.3) is 0 Å². The molecule has 1 N–H and O–H groups in total. The van der Waals surface area contributed by atoms with Crippen molar-refractivity contribution in [3.05, 3.63) is 24.3 Å². The SMILES string of the molecule is CSCC(C)C(=O)Nc1ccc(N=S(C)(C)=O)cc1. The van der Waals surface area contributed by atoms with E-state index >= 15 is 0 Å². The Kier molecular flexibility index (Phi) is 5.87. The topological polar surface area (TPSA) is 58.5 Å². The number of nitrogens with zero attached hydrogens (tertiary/aromatic N) is 1. The lowest BCUT2D eigenvalue weighted by Crippen LogP contribution is -2.21. The Hall–Kier alpha value is -1.01. The molecule has 19 heavy (non-hydrogen) atoms. The van der Waals surface area contributed by atoms with E-state index in [4.69, 9.17) is 0 Å². The fraction of sp³-hybridized carbons (Fsp3) is 0.462. The van der Waals surface area contributed by atoms with E-state index in [0.29, 0.717) is 5.69 Å². The van der Waals surface area contributed by atoms with Crippen LogP contribution in [0.4, 0.5) is 11.4 Å². The summed E-state index contributed by atoms with van der Waals surface area (Å²) in [6.07, 6.45) is 5.16. The van der Waals surface area contributed by atoms with Gasteiger partial charge in [0, 0.05) is 39.6 Å². The maximum atomic E-state index is 11.8. The average Bonchev–Trinajstić information content (AvgIpc) is 2.30. The summed E-state index contributed by atoms with van der Waals surface area (Å²) in [5.41, 5.74) is 1.39. The number of hydrogen-bond acceptors (Lipinski definition) is 4. The van der Waals surface area contributed by atoms with Gasteiger partial charge in [-0.3, -0.25) is 4.79 Å². The Morgan fingerprint density at radius 2 is 1.95 bits per heavy atom. The third-order valence-corrected chi connectivity index (χ3v) is 3.81. The van der Waals surface area contributed by atoms with Crippen LogP contribution < -0.4 is 5.32 Å². The molecule has 4 nitrogen and oxygen atoms in total. The van der Waals surface area contributed by atoms with Crippen molar-refractivity contribution in [1.29, 1.82) is 0 Å². The number of rotatable bonds is 5. The van der Waals surface area contributed by atoms with Crippen LogP contribution in [0.1, 0.15) is 6.92 Å². The smallest absolute Gasteiger partial charge is 0.228 e. The maximum Gasteiger partial charge on any atom is 0.228 e. The molecule has 1 rings (SSSR count). The van der Waals surface area contributed by atoms with Crippen LogP contribution in [0.5, 0.6) is 0 Å². The molecule has 0 heterocycles. The van der Waals surface area contributed by atoms with Gasteiger partial charge in [-0.25, -0.2) is 4.21 Å². The van der Waals surface area contributed by atoms with Crippen molar-refractivity contribution in [2.75, 3.05) is 29.8 Å². The Morgan fingerprint density at radius 1 is 1.37 bits per heavy atom. The number of nitrogens with one attached hydrogen (secondary N) is 1. The molecule has 0 aliphatic heterocycles. The second-order valence-electron chi connectivity index (χ2n) is 4.67. The second-order valence-corrected chi connectivity index (χ2v) is 8.12. The van der Waals surface area contributed by atoms with Gasteiger partial charge in [0.15, 0.2) is 0 Å². The predicted octanol–water partition coefficient (Wildman–Crippen LogP) is 2.98. The molecule has 1 amide bonds. The van der Waals surface area contributed by atoms with Gasteiger partial charge in [0.05, 0.1) is 5.69 Å². The lowest BCUT2D eigenvalue weighted by atomic mass is 10.2. The van der Waals surface area contributed by atoms with Crippen LogP contribution in [0.15, 0.2) is 28.6 Å². The molecule has 0 aliphatic carbocycles. The Morgan fingerprint density at radius 3 is 2.42 bits per heavy atom. The summed E-state index contributed by atoms with van der Waals surface area (Å²) in [6, 6.07) is 7.05. The van der Waals surface area contributed by atoms with E-state index < -0.39 is 9.73 Å². The van der Waals surface area contributed by atoms with Crippen molar-refractivity contribution in [3.8, 4) is 0 Å². The van der Waals surface area contributed by atoms with Crippen LogP contribution >= 0.6 is 11.8 Å². The van der Waals surface area contributed by atoms with E-state index in [9.17, 15) is 9.00 Å². The third-order valence-electron chi connectivity index (χ3n) is 2.32. The lowest BCUT2D eigenvalue weighted by molar-refractivity contribution is -0.118. The van der Waals surface area contributed by atoms with Crippen molar-refractivity contribution in [3.63, 3.8) is 0 Å². The number of benzene rings is 1. The summed E-state index contributed by atoms with van der Waals surface area (Å²) in [5, 5.41) is 2.85. The number of anilines is 1. The molecule has 0 radical (unpaired) electrons. The minimum absolute atomic E-state index is 0.00817. The zero-order chi connectivity index (χ0) is 14.5. The van der Waals surface area contributed by atoms with Crippen LogP contribution in [-0.4, -0.2) is 34.6 Å². The Labute approximate surface area is 119 Å². The van der Waals surface area contributed by atoms with Gasteiger partial charge in [-0.15, -0.1) is 0 Å². The Balaban J connectivity index is 2.73. The quantitative estimate of drug-likeness (QED) is 0.909. The summed E-state index contributed by atoms with van der Waals surface area (Å²) in [4.78, 5) is 11.8. The van der Waals surface area contributed by atoms with Gasteiger partial charge >= 0.3 is 0 Å². The highest BCUT2D eigenvalue weighted by molar-refractivity contribution is 7.98. The molecule has 0 saturated carbocycles. The molecule has 0 aromatic heterocycles. The molecular formula is C13H20N2O2S2. The van der Waals surface area contributed by atoms with E-state index in [1.165, 1.54) is 0 Å². The highest BCUT2D eigenvalue weighted by atomic mass is 32.2. The van der Waals surface area contributed by atoms with Gasteiger partial charge in [0.25, 0.3) is 0 Å². The molecule has 1 unspecified atom stereocenters. The monoisotopic (exact) mass is 300 g/mol. The lowest BCUT2D eigenvalue weighted by Gasteiger charge is -2.10. The fourth-order valence-electron chi connectivity index (χ4n) is 1.45. The summed E-state index contributed by atoms with van der Waals surface area (Å²) in [7, 11) is -2.15. The largest absolute Gasteiger partial charge is 0.326 e. The molecule has 0 spiro atoms. The number of thioether (sulfide) groups is 1. The van der Waals surface area contributed by atoms with Crippen LogP contribution in [0.3, 0.4) is 0 Å². The minimum Gasteiger partial charge on any atom is -0.326 e. The highest BCUT2D eigenvalue weighted by Crippen LogP contribution is 2.18. The summed E-state index contributed by atoms with van der Waals surface area (Å²) in [5.74, 6) is 0.783. The van der Waals surface area contributed by atoms with Gasteiger partial charge < -0.3 is 5.32 Å². The molecule has 106 valence electrons. The minimum atomic E-state index is -2.15. The van der Waals surface area contributed by atoms with Gasteiger partial charge in [-0.05, 0) is 30.5 Å². The first-order valence-electron chi connectivity index (χ1n) is 5.89. The number of hydrogen-bond donors (Lipinski definition) is 1. The first-order chi connectivity index (χ1) is 8.81. The van der Waals surface area contributed by atoms with Crippen molar-refractivity contribution in [2.24, 2.45) is 10.3 Å². The zero-order valence-corrected chi connectivity index (χ0v) is 13.3. The maximum absolute atomic E-state index is 11.8. The molecule has 0 fully saturated rings. The van der Waals surface area contributed by atoms with Crippen molar-refractivity contribution in [2.45, 2.75) is 6.92 Å². The van der Waals surface area contributed by atoms with Crippen molar-refractivity contribution >= 4 is 38.8 Å². The molecule has 1 atom stereocenters. The van der Waals surface area contributed by atoms with Crippen molar-refractivity contribution < 1.29 is 9.00 Å². The van der Waals surface area contributed by atoms with E-state index in [1.807, 2.05) is 13.2 Å². The van der Waals surface area contributed by atoms with E-state index in [1.54, 1.807) is 48.5 Å². The van der Waals surface area contributed by atoms with Gasteiger partial charge in [0.1, 0.15) is 0 Å². The molecule has 1 aromatic rings. The number of carbonyl (C=O) groups excluding carboxylic acids is 1. The van der Waals surface area contributed by atoms with E-state index in [-0.39, 0.29) is 11.8 Å². The third kappa shape index (κ3) is 6.11. The molecule has 6 heteroatoms. The molecule has 0 saturated heterocycles. The van der Waals surface area contributed by atoms with E-state index in [2.05, 4.69) is 9.68 Å². The van der Waals surface area contributed by atoms with Crippen LogP contribution in [-0.2, 0) is 14.5 Å². The number of carbonyl (C=O) groups is 1. The van der Waals surface area contributed by atoms with Gasteiger partial charge in [-0.1, -0.05) is 6.92 Å². The van der Waals surface area contributed by atoms with Gasteiger partial charge in [-0.2, -0.15) is 16.1 Å². The first-order valence-corrected chi connectivity index (χ1v) is 9.61. The molecule has 0 aliphatic rings. The summed E-state index contributed by atoms with van der Waals surface area (Å²) < 4.78 is 15.6. The second kappa shape index (κ2) is 6.96. The fourth-order valence-corrected chi connectivity index (χ4v) is 2.73. The standard InChI is InChI=1S/C13H20N2O2S2/c1-10(9-18-2)13(16)14-11-5-7-12(8-6-11)15-19(3,4)17/h5-8,10H,9H2,1-4H3,(H,14,16). The van der Waals surface area contributed by atoms with Crippen molar-refractivity contribution in [1.82, 2.24) is 0 Å². The zero-order valence-electron chi connectivity index (χ0n) is 11.7. The highest BCUT2D eigenvalue weighted by Gasteiger charge is 2.11. The Bertz CT molecular complexity index is 538.